The zero-order chi connectivity index (χ0) is 18.7. The summed E-state index contributed by atoms with van der Waals surface area (Å²) in [6, 6.07) is 9.58. The molecule has 2 bridgehead atoms. The molecule has 2 aliphatic carbocycles. The van der Waals surface area contributed by atoms with E-state index in [0.717, 1.165) is 6.42 Å². The molecule has 28 heavy (non-hydrogen) atoms. The molecule has 0 amide bonds. The summed E-state index contributed by atoms with van der Waals surface area (Å²) in [5.41, 5.74) is 2.94. The predicted octanol–water partition coefficient (Wildman–Crippen LogP) is 0.325. The number of carbonyl (C=O) groups excluding carboxylic acids is 1. The minimum absolute atomic E-state index is 0. The first kappa shape index (κ1) is 18.7. The Hall–Kier alpha value is -1.26. The van der Waals surface area contributed by atoms with Gasteiger partial charge in [-0.2, -0.15) is 0 Å². The number of benzene rings is 1. The molecule has 2 saturated heterocycles. The number of methoxy groups -OCH3 is 1. The average Bonchev–Trinajstić information content (AvgIpc) is 3.34. The van der Waals surface area contributed by atoms with Crippen molar-refractivity contribution in [3.63, 3.8) is 0 Å². The highest BCUT2D eigenvalue weighted by molar-refractivity contribution is 5.82. The number of fused-ring (bicyclic) bond motifs is 1. The van der Waals surface area contributed by atoms with Gasteiger partial charge in [0.15, 0.2) is 0 Å². The monoisotopic (exact) mass is 402 g/mol. The summed E-state index contributed by atoms with van der Waals surface area (Å²) in [5, 5.41) is 4.02. The van der Waals surface area contributed by atoms with Crippen LogP contribution >= 0.6 is 0 Å². The van der Waals surface area contributed by atoms with Gasteiger partial charge in [0.05, 0.1) is 43.6 Å². The number of hydrogen-bond acceptors (Lipinski definition) is 3. The van der Waals surface area contributed by atoms with Crippen LogP contribution in [0.2, 0.25) is 0 Å². The van der Waals surface area contributed by atoms with Gasteiger partial charge in [0, 0.05) is 17.5 Å². The minimum atomic E-state index is -0.173. The Morgan fingerprint density at radius 3 is 2.82 bits per heavy atom. The SMILES string of the molecule is CC[N+]12CCCC34CC(C(=O)OC)C5(Nc6ccccc6C5(CC1)C32)C4C.[Cl-]. The van der Waals surface area contributed by atoms with Gasteiger partial charge in [-0.25, -0.2) is 0 Å². The van der Waals surface area contributed by atoms with Crippen LogP contribution in [-0.2, 0) is 14.9 Å². The Morgan fingerprint density at radius 1 is 1.29 bits per heavy atom. The van der Waals surface area contributed by atoms with E-state index in [1.165, 1.54) is 54.6 Å². The maximum atomic E-state index is 13.1. The molecule has 1 aromatic carbocycles. The van der Waals surface area contributed by atoms with E-state index in [4.69, 9.17) is 4.74 Å². The van der Waals surface area contributed by atoms with Crippen molar-refractivity contribution in [2.75, 3.05) is 32.1 Å². The lowest BCUT2D eigenvalue weighted by atomic mass is 9.56. The third-order valence-corrected chi connectivity index (χ3v) is 10.0. The minimum Gasteiger partial charge on any atom is -1.00 e. The zero-order valence-electron chi connectivity index (χ0n) is 17.1. The number of hydrogen-bond donors (Lipinski definition) is 1. The molecule has 1 aromatic rings. The molecule has 3 heterocycles. The van der Waals surface area contributed by atoms with E-state index < -0.39 is 0 Å². The highest BCUT2D eigenvalue weighted by Crippen LogP contribution is 2.81. The quantitative estimate of drug-likeness (QED) is 0.572. The van der Waals surface area contributed by atoms with Crippen LogP contribution in [0.15, 0.2) is 24.3 Å². The van der Waals surface area contributed by atoms with Crippen molar-refractivity contribution in [1.82, 2.24) is 0 Å². The van der Waals surface area contributed by atoms with Gasteiger partial charge in [-0.15, -0.1) is 0 Å². The Morgan fingerprint density at radius 2 is 2.07 bits per heavy atom. The molecule has 2 saturated carbocycles. The second-order valence-electron chi connectivity index (χ2n) is 9.98. The Bertz CT molecular complexity index is 861. The first-order valence-electron chi connectivity index (χ1n) is 10.8. The molecule has 1 N–H and O–H groups in total. The number of halogens is 1. The van der Waals surface area contributed by atoms with E-state index in [2.05, 4.69) is 43.4 Å². The highest BCUT2D eigenvalue weighted by Gasteiger charge is 2.90. The standard InChI is InChI=1S/C23H31N2O2.ClH/c1-4-25-12-7-10-21-14-17(19(26)27-3)23(15(21)2)22(11-13-25,20(21)25)16-8-5-6-9-18(16)24-23;/h5-6,8-9,15,17,20,24H,4,7,10-14H2,1-3H3;1H/q+1;/p-1. The average molecular weight is 403 g/mol. The number of piperidine rings is 1. The van der Waals surface area contributed by atoms with Gasteiger partial charge in [-0.05, 0) is 43.7 Å². The lowest BCUT2D eigenvalue weighted by Crippen LogP contribution is -3.00. The number of nitrogens with zero attached hydrogens (tertiary/aromatic N) is 1. The van der Waals surface area contributed by atoms with E-state index >= 15 is 0 Å². The second kappa shape index (κ2) is 5.46. The van der Waals surface area contributed by atoms with Crippen molar-refractivity contribution in [3.8, 4) is 0 Å². The van der Waals surface area contributed by atoms with Gasteiger partial charge in [0.1, 0.15) is 6.04 Å². The molecule has 3 spiro atoms. The second-order valence-corrected chi connectivity index (χ2v) is 9.98. The molecule has 0 radical (unpaired) electrons. The van der Waals surface area contributed by atoms with Gasteiger partial charge < -0.3 is 26.9 Å². The zero-order valence-corrected chi connectivity index (χ0v) is 17.9. The predicted molar refractivity (Wildman–Crippen MR) is 104 cm³/mol. The lowest BCUT2D eigenvalue weighted by Gasteiger charge is -2.55. The van der Waals surface area contributed by atoms with Gasteiger partial charge in [0.2, 0.25) is 0 Å². The van der Waals surface area contributed by atoms with Crippen molar-refractivity contribution in [3.05, 3.63) is 29.8 Å². The molecule has 5 heteroatoms. The molecule has 152 valence electrons. The summed E-state index contributed by atoms with van der Waals surface area (Å²) in [7, 11) is 1.57. The first-order chi connectivity index (χ1) is 13.0. The number of quaternary nitrogens is 1. The van der Waals surface area contributed by atoms with Crippen LogP contribution in [0.3, 0.4) is 0 Å². The number of esters is 1. The fraction of sp³-hybridized carbons (Fsp3) is 0.696. The smallest absolute Gasteiger partial charge is 0.311 e. The van der Waals surface area contributed by atoms with Gasteiger partial charge >= 0.3 is 5.97 Å². The molecule has 6 rings (SSSR count). The number of anilines is 1. The van der Waals surface area contributed by atoms with Crippen molar-refractivity contribution in [2.45, 2.75) is 56.5 Å². The van der Waals surface area contributed by atoms with Crippen LogP contribution in [0, 0.1) is 17.3 Å². The molecular weight excluding hydrogens is 372 g/mol. The van der Waals surface area contributed by atoms with Crippen molar-refractivity contribution in [1.29, 1.82) is 0 Å². The summed E-state index contributed by atoms with van der Waals surface area (Å²) in [6.07, 6.45) is 4.79. The molecule has 0 aromatic heterocycles. The van der Waals surface area contributed by atoms with Crippen LogP contribution in [0.5, 0.6) is 0 Å². The number of ether oxygens (including phenoxy) is 1. The van der Waals surface area contributed by atoms with Crippen molar-refractivity contribution < 1.29 is 26.4 Å². The molecule has 3 aliphatic heterocycles. The van der Waals surface area contributed by atoms with Crippen LogP contribution in [0.4, 0.5) is 5.69 Å². The third-order valence-electron chi connectivity index (χ3n) is 10.0. The molecule has 4 nitrogen and oxygen atoms in total. The Labute approximate surface area is 174 Å². The van der Waals surface area contributed by atoms with E-state index in [1.54, 1.807) is 7.11 Å². The van der Waals surface area contributed by atoms with E-state index in [1.807, 2.05) is 0 Å². The van der Waals surface area contributed by atoms with Crippen LogP contribution in [0.25, 0.3) is 0 Å². The van der Waals surface area contributed by atoms with Crippen LogP contribution in [-0.4, -0.2) is 48.8 Å². The fourth-order valence-corrected chi connectivity index (χ4v) is 9.47. The molecular formula is C23H31ClN2O2. The number of para-hydroxylation sites is 1. The summed E-state index contributed by atoms with van der Waals surface area (Å²) in [4.78, 5) is 13.1. The Kier molecular flexibility index (Phi) is 3.65. The summed E-state index contributed by atoms with van der Waals surface area (Å²) >= 11 is 0. The number of carbonyl (C=O) groups is 1. The summed E-state index contributed by atoms with van der Waals surface area (Å²) in [5.74, 6) is 0.469. The molecule has 7 atom stereocenters. The largest absolute Gasteiger partial charge is 1.00 e. The molecule has 4 fully saturated rings. The third kappa shape index (κ3) is 1.55. The number of nitrogens with one attached hydrogen (secondary N) is 1. The van der Waals surface area contributed by atoms with Crippen LogP contribution in [0.1, 0.15) is 45.1 Å². The fourth-order valence-electron chi connectivity index (χ4n) is 9.47. The van der Waals surface area contributed by atoms with Crippen molar-refractivity contribution in [2.24, 2.45) is 17.3 Å². The topological polar surface area (TPSA) is 38.3 Å². The lowest BCUT2D eigenvalue weighted by molar-refractivity contribution is -0.952. The van der Waals surface area contributed by atoms with Crippen molar-refractivity contribution >= 4 is 11.7 Å². The maximum absolute atomic E-state index is 13.1. The van der Waals surface area contributed by atoms with Gasteiger partial charge in [0.25, 0.3) is 0 Å². The van der Waals surface area contributed by atoms with Gasteiger partial charge in [-0.3, -0.25) is 4.79 Å². The van der Waals surface area contributed by atoms with E-state index in [0.29, 0.717) is 12.0 Å². The molecule has 5 aliphatic rings. The normalized spacial score (nSPS) is 48.9. The van der Waals surface area contributed by atoms with Gasteiger partial charge in [-0.1, -0.05) is 25.1 Å². The number of likely N-dealkylation sites (N-methyl/N-ethyl adjacent to an activating group) is 1. The highest BCUT2D eigenvalue weighted by atomic mass is 35.5. The maximum Gasteiger partial charge on any atom is 0.311 e. The van der Waals surface area contributed by atoms with E-state index in [-0.39, 0.29) is 40.7 Å². The summed E-state index contributed by atoms with van der Waals surface area (Å²) in [6.45, 7) is 8.66. The van der Waals surface area contributed by atoms with Crippen LogP contribution < -0.4 is 17.7 Å². The Balaban J connectivity index is 0.00000171. The van der Waals surface area contributed by atoms with E-state index in [9.17, 15) is 4.79 Å². The first-order valence-corrected chi connectivity index (χ1v) is 10.8. The summed E-state index contributed by atoms with van der Waals surface area (Å²) < 4.78 is 6.66. The number of rotatable bonds is 2. The molecule has 7 unspecified atom stereocenters.